The van der Waals surface area contributed by atoms with Gasteiger partial charge >= 0.3 is 0 Å². The van der Waals surface area contributed by atoms with Crippen LogP contribution in [0.1, 0.15) is 75.2 Å². The fraction of sp³-hybridized carbons (Fsp3) is 0.789. The van der Waals surface area contributed by atoms with Crippen LogP contribution in [0, 0.1) is 19.3 Å². The fourth-order valence-electron chi connectivity index (χ4n) is 5.01. The Morgan fingerprint density at radius 3 is 2.71 bits per heavy atom. The average Bonchev–Trinajstić information content (AvgIpc) is 3.15. The first-order chi connectivity index (χ1) is 11.5. The van der Waals surface area contributed by atoms with E-state index in [-0.39, 0.29) is 17.2 Å². The number of carbonyl (C=O) groups excluding carboxylic acids is 1. The van der Waals surface area contributed by atoms with Crippen LogP contribution < -0.4 is 5.32 Å². The number of hydrogen-bond acceptors (Lipinski definition) is 3. The number of aryl methyl sites for hydroxylation is 2. The molecule has 0 bridgehead atoms. The van der Waals surface area contributed by atoms with Crippen LogP contribution in [0.25, 0.3) is 0 Å². The van der Waals surface area contributed by atoms with Gasteiger partial charge in [0.2, 0.25) is 5.91 Å². The number of carbonyl (C=O) groups is 1. The second-order valence-corrected chi connectivity index (χ2v) is 7.69. The van der Waals surface area contributed by atoms with Crippen LogP contribution >= 0.6 is 0 Å². The molecule has 1 amide bonds. The standard InChI is InChI=1S/C19H31N3O2/c1-5-24-16-11-15(19(16)8-6-7-9-19)20-17(23)10-12(2)18-13(3)21-22-14(18)4/h12,15-16H,5-11H2,1-4H3,(H,20,23)(H,21,22)/t12-,15-,16+/m0/s1. The van der Waals surface area contributed by atoms with Crippen molar-refractivity contribution in [1.82, 2.24) is 15.5 Å². The molecular formula is C19H31N3O2. The van der Waals surface area contributed by atoms with Crippen LogP contribution in [0.5, 0.6) is 0 Å². The van der Waals surface area contributed by atoms with Crippen molar-refractivity contribution in [2.45, 2.75) is 84.3 Å². The van der Waals surface area contributed by atoms with E-state index in [4.69, 9.17) is 4.74 Å². The van der Waals surface area contributed by atoms with Gasteiger partial charge in [-0.3, -0.25) is 9.89 Å². The summed E-state index contributed by atoms with van der Waals surface area (Å²) in [6, 6.07) is 0.294. The van der Waals surface area contributed by atoms with Gasteiger partial charge in [0.1, 0.15) is 0 Å². The smallest absolute Gasteiger partial charge is 0.220 e. The van der Waals surface area contributed by atoms with E-state index in [9.17, 15) is 4.79 Å². The van der Waals surface area contributed by atoms with E-state index in [1.807, 2.05) is 13.8 Å². The highest BCUT2D eigenvalue weighted by atomic mass is 16.5. The fourth-order valence-corrected chi connectivity index (χ4v) is 5.01. The molecule has 0 unspecified atom stereocenters. The van der Waals surface area contributed by atoms with E-state index < -0.39 is 0 Å². The lowest BCUT2D eigenvalue weighted by Gasteiger charge is -2.54. The minimum atomic E-state index is 0.161. The van der Waals surface area contributed by atoms with Gasteiger partial charge in [-0.15, -0.1) is 0 Å². The van der Waals surface area contributed by atoms with E-state index in [1.165, 1.54) is 31.2 Å². The SMILES string of the molecule is CCO[C@@H]1C[C@H](NC(=O)C[C@H](C)c2c(C)n[nH]c2C)C12CCCC2. The van der Waals surface area contributed by atoms with Gasteiger partial charge in [-0.05, 0) is 51.5 Å². The van der Waals surface area contributed by atoms with Crippen LogP contribution in [-0.2, 0) is 9.53 Å². The summed E-state index contributed by atoms with van der Waals surface area (Å²) in [6.07, 6.45) is 6.74. The maximum absolute atomic E-state index is 12.6. The number of rotatable bonds is 6. The van der Waals surface area contributed by atoms with Gasteiger partial charge in [-0.2, -0.15) is 5.10 Å². The normalized spacial score (nSPS) is 26.3. The predicted octanol–water partition coefficient (Wildman–Crippen LogP) is 3.37. The topological polar surface area (TPSA) is 67.0 Å². The zero-order valence-corrected chi connectivity index (χ0v) is 15.4. The third kappa shape index (κ3) is 2.99. The Morgan fingerprint density at radius 2 is 2.12 bits per heavy atom. The van der Waals surface area contributed by atoms with E-state index >= 15 is 0 Å². The molecule has 5 nitrogen and oxygen atoms in total. The third-order valence-electron chi connectivity index (χ3n) is 6.19. The molecule has 0 aliphatic heterocycles. The predicted molar refractivity (Wildman–Crippen MR) is 94.0 cm³/mol. The molecule has 1 heterocycles. The van der Waals surface area contributed by atoms with Crippen molar-refractivity contribution in [3.63, 3.8) is 0 Å². The Bertz CT molecular complexity index is 570. The number of aromatic amines is 1. The number of H-pyrrole nitrogens is 1. The number of amides is 1. The molecule has 1 aromatic heterocycles. The lowest BCUT2D eigenvalue weighted by molar-refractivity contribution is -0.144. The molecule has 2 aliphatic carbocycles. The average molecular weight is 333 g/mol. The summed E-state index contributed by atoms with van der Waals surface area (Å²) in [5.74, 6) is 0.347. The second-order valence-electron chi connectivity index (χ2n) is 7.69. The molecule has 3 rings (SSSR count). The molecule has 5 heteroatoms. The second kappa shape index (κ2) is 6.87. The van der Waals surface area contributed by atoms with Gasteiger partial charge in [0, 0.05) is 30.2 Å². The molecule has 3 atom stereocenters. The Morgan fingerprint density at radius 1 is 1.42 bits per heavy atom. The Hall–Kier alpha value is -1.36. The summed E-state index contributed by atoms with van der Waals surface area (Å²) < 4.78 is 5.94. The number of aromatic nitrogens is 2. The molecule has 2 aliphatic rings. The van der Waals surface area contributed by atoms with Gasteiger partial charge in [0.05, 0.1) is 11.8 Å². The maximum atomic E-state index is 12.6. The first-order valence-electron chi connectivity index (χ1n) is 9.40. The highest BCUT2D eigenvalue weighted by Gasteiger charge is 2.57. The highest BCUT2D eigenvalue weighted by Crippen LogP contribution is 2.54. The molecule has 134 valence electrons. The van der Waals surface area contributed by atoms with Gasteiger partial charge in [-0.1, -0.05) is 19.8 Å². The Kier molecular flexibility index (Phi) is 5.00. The summed E-state index contributed by atoms with van der Waals surface area (Å²) in [6.45, 7) is 8.96. The molecule has 2 fully saturated rings. The van der Waals surface area contributed by atoms with Gasteiger partial charge in [-0.25, -0.2) is 0 Å². The summed E-state index contributed by atoms with van der Waals surface area (Å²) in [5.41, 5.74) is 3.46. The van der Waals surface area contributed by atoms with Crippen LogP contribution in [0.15, 0.2) is 0 Å². The van der Waals surface area contributed by atoms with Crippen molar-refractivity contribution in [2.75, 3.05) is 6.61 Å². The number of nitrogens with zero attached hydrogens (tertiary/aromatic N) is 1. The molecule has 0 radical (unpaired) electrons. The molecule has 0 saturated heterocycles. The van der Waals surface area contributed by atoms with E-state index in [0.717, 1.165) is 24.4 Å². The van der Waals surface area contributed by atoms with Crippen molar-refractivity contribution >= 4 is 5.91 Å². The van der Waals surface area contributed by atoms with Gasteiger partial charge < -0.3 is 10.1 Å². The van der Waals surface area contributed by atoms with Crippen LogP contribution in [0.4, 0.5) is 0 Å². The van der Waals surface area contributed by atoms with Crippen molar-refractivity contribution in [1.29, 1.82) is 0 Å². The zero-order chi connectivity index (χ0) is 17.3. The van der Waals surface area contributed by atoms with E-state index in [0.29, 0.717) is 18.6 Å². The lowest BCUT2D eigenvalue weighted by atomic mass is 9.60. The molecule has 2 saturated carbocycles. The first kappa shape index (κ1) is 17.5. The monoisotopic (exact) mass is 333 g/mol. The summed E-state index contributed by atoms with van der Waals surface area (Å²) >= 11 is 0. The molecule has 1 spiro atoms. The van der Waals surface area contributed by atoms with Crippen LogP contribution in [-0.4, -0.2) is 34.9 Å². The van der Waals surface area contributed by atoms with Crippen LogP contribution in [0.3, 0.4) is 0 Å². The summed E-state index contributed by atoms with van der Waals surface area (Å²) in [4.78, 5) is 12.6. The largest absolute Gasteiger partial charge is 0.378 e. The Labute approximate surface area is 144 Å². The molecule has 24 heavy (non-hydrogen) atoms. The Balaban J connectivity index is 1.59. The number of ether oxygens (including phenoxy) is 1. The van der Waals surface area contributed by atoms with E-state index in [2.05, 4.69) is 29.4 Å². The maximum Gasteiger partial charge on any atom is 0.220 e. The first-order valence-corrected chi connectivity index (χ1v) is 9.40. The molecule has 1 aromatic rings. The van der Waals surface area contributed by atoms with Crippen molar-refractivity contribution < 1.29 is 9.53 Å². The van der Waals surface area contributed by atoms with Crippen molar-refractivity contribution in [3.05, 3.63) is 17.0 Å². The summed E-state index contributed by atoms with van der Waals surface area (Å²) in [7, 11) is 0. The number of nitrogens with one attached hydrogen (secondary N) is 2. The minimum Gasteiger partial charge on any atom is -0.378 e. The zero-order valence-electron chi connectivity index (χ0n) is 15.4. The van der Waals surface area contributed by atoms with Crippen molar-refractivity contribution in [3.8, 4) is 0 Å². The van der Waals surface area contributed by atoms with E-state index in [1.54, 1.807) is 0 Å². The van der Waals surface area contributed by atoms with Crippen molar-refractivity contribution in [2.24, 2.45) is 5.41 Å². The summed E-state index contributed by atoms with van der Waals surface area (Å²) in [5, 5.41) is 10.6. The van der Waals surface area contributed by atoms with Gasteiger partial charge in [0.15, 0.2) is 0 Å². The lowest BCUT2D eigenvalue weighted by Crippen LogP contribution is -2.63. The third-order valence-corrected chi connectivity index (χ3v) is 6.19. The minimum absolute atomic E-state index is 0.161. The molecule has 0 aromatic carbocycles. The number of hydrogen-bond donors (Lipinski definition) is 2. The highest BCUT2D eigenvalue weighted by molar-refractivity contribution is 5.77. The quantitative estimate of drug-likeness (QED) is 0.839. The van der Waals surface area contributed by atoms with Gasteiger partial charge in [0.25, 0.3) is 0 Å². The molecular weight excluding hydrogens is 302 g/mol. The van der Waals surface area contributed by atoms with Crippen LogP contribution in [0.2, 0.25) is 0 Å². The molecule has 2 N–H and O–H groups in total.